The summed E-state index contributed by atoms with van der Waals surface area (Å²) in [7, 11) is 0. The lowest BCUT2D eigenvalue weighted by molar-refractivity contribution is -0.123. The zero-order valence-electron chi connectivity index (χ0n) is 12.6. The molecular weight excluding hydrogens is 293 g/mol. The zero-order chi connectivity index (χ0) is 16.0. The number of hydrogen-bond acceptors (Lipinski definition) is 2. The van der Waals surface area contributed by atoms with Crippen molar-refractivity contribution in [3.8, 4) is 0 Å². The van der Waals surface area contributed by atoms with Gasteiger partial charge in [0.2, 0.25) is 5.91 Å². The third-order valence-corrected chi connectivity index (χ3v) is 4.91. The van der Waals surface area contributed by atoms with Gasteiger partial charge in [-0.05, 0) is 41.2 Å². The maximum Gasteiger partial charge on any atom is 0.224 e. The molecule has 0 radical (unpaired) electrons. The molecule has 2 aliphatic rings. The van der Waals surface area contributed by atoms with Crippen molar-refractivity contribution >= 4 is 5.91 Å². The molecule has 23 heavy (non-hydrogen) atoms. The van der Waals surface area contributed by atoms with E-state index < -0.39 is 6.10 Å². The minimum atomic E-state index is -0.581. The highest BCUT2D eigenvalue weighted by atomic mass is 19.1. The van der Waals surface area contributed by atoms with E-state index in [1.807, 2.05) is 30.3 Å². The molecule has 2 aromatic rings. The Balaban J connectivity index is 1.46. The van der Waals surface area contributed by atoms with E-state index in [-0.39, 0.29) is 29.6 Å². The molecule has 4 rings (SSSR count). The Morgan fingerprint density at radius 2 is 2.00 bits per heavy atom. The molecule has 0 aliphatic heterocycles. The number of aliphatic hydroxyl groups is 1. The first kappa shape index (κ1) is 14.4. The first-order valence-corrected chi connectivity index (χ1v) is 7.95. The summed E-state index contributed by atoms with van der Waals surface area (Å²) in [5, 5.41) is 13.2. The summed E-state index contributed by atoms with van der Waals surface area (Å²) in [5.41, 5.74) is 2.96. The second-order valence-electron chi connectivity index (χ2n) is 6.46. The number of halogens is 1. The van der Waals surface area contributed by atoms with Crippen LogP contribution < -0.4 is 5.32 Å². The van der Waals surface area contributed by atoms with E-state index in [2.05, 4.69) is 5.32 Å². The summed E-state index contributed by atoms with van der Waals surface area (Å²) < 4.78 is 13.3. The van der Waals surface area contributed by atoms with E-state index >= 15 is 0 Å². The number of fused-ring (bicyclic) bond motifs is 1. The molecule has 1 fully saturated rings. The molecule has 0 spiro atoms. The third-order valence-electron chi connectivity index (χ3n) is 4.91. The van der Waals surface area contributed by atoms with Crippen molar-refractivity contribution in [1.82, 2.24) is 5.32 Å². The fourth-order valence-corrected chi connectivity index (χ4v) is 3.60. The molecule has 2 aliphatic carbocycles. The molecule has 0 saturated heterocycles. The molecule has 0 heterocycles. The number of benzene rings is 2. The molecular formula is C19H18FNO2. The van der Waals surface area contributed by atoms with Gasteiger partial charge >= 0.3 is 0 Å². The summed E-state index contributed by atoms with van der Waals surface area (Å²) >= 11 is 0. The monoisotopic (exact) mass is 311 g/mol. The SMILES string of the molecule is O=C(NC1c2ccccc2CC1O)C1CC1c1cccc(F)c1. The number of nitrogens with one attached hydrogen (secondary N) is 1. The number of carbonyl (C=O) groups is 1. The predicted molar refractivity (Wildman–Crippen MR) is 84.3 cm³/mol. The number of hydrogen-bond donors (Lipinski definition) is 2. The van der Waals surface area contributed by atoms with E-state index in [0.29, 0.717) is 6.42 Å². The maximum absolute atomic E-state index is 13.3. The van der Waals surface area contributed by atoms with Crippen LogP contribution in [0.15, 0.2) is 48.5 Å². The van der Waals surface area contributed by atoms with Crippen molar-refractivity contribution in [3.05, 3.63) is 71.0 Å². The minimum Gasteiger partial charge on any atom is -0.390 e. The highest BCUT2D eigenvalue weighted by molar-refractivity contribution is 5.83. The van der Waals surface area contributed by atoms with Crippen LogP contribution in [-0.4, -0.2) is 17.1 Å². The van der Waals surface area contributed by atoms with Crippen LogP contribution in [0.5, 0.6) is 0 Å². The van der Waals surface area contributed by atoms with E-state index in [4.69, 9.17) is 0 Å². The van der Waals surface area contributed by atoms with Gasteiger partial charge in [-0.25, -0.2) is 4.39 Å². The van der Waals surface area contributed by atoms with Gasteiger partial charge in [-0.1, -0.05) is 36.4 Å². The van der Waals surface area contributed by atoms with Gasteiger partial charge in [0.25, 0.3) is 0 Å². The minimum absolute atomic E-state index is 0.0555. The fraction of sp³-hybridized carbons (Fsp3) is 0.316. The first-order valence-electron chi connectivity index (χ1n) is 7.95. The van der Waals surface area contributed by atoms with E-state index in [9.17, 15) is 14.3 Å². The van der Waals surface area contributed by atoms with Crippen molar-refractivity contribution in [2.45, 2.75) is 30.9 Å². The first-order chi connectivity index (χ1) is 11.1. The van der Waals surface area contributed by atoms with Gasteiger partial charge in [0.05, 0.1) is 12.1 Å². The Bertz CT molecular complexity index is 761. The molecule has 4 atom stereocenters. The van der Waals surface area contributed by atoms with Crippen LogP contribution in [0.1, 0.15) is 35.1 Å². The summed E-state index contributed by atoms with van der Waals surface area (Å²) in [6.45, 7) is 0. The van der Waals surface area contributed by atoms with Gasteiger partial charge in [0.15, 0.2) is 0 Å². The molecule has 118 valence electrons. The lowest BCUT2D eigenvalue weighted by Gasteiger charge is -2.18. The Morgan fingerprint density at radius 1 is 1.17 bits per heavy atom. The molecule has 4 heteroatoms. The normalized spacial score (nSPS) is 28.3. The van der Waals surface area contributed by atoms with Crippen molar-refractivity contribution in [1.29, 1.82) is 0 Å². The van der Waals surface area contributed by atoms with Crippen LogP contribution in [-0.2, 0) is 11.2 Å². The summed E-state index contributed by atoms with van der Waals surface area (Å²) in [5.74, 6) is -0.370. The molecule has 2 aromatic carbocycles. The Morgan fingerprint density at radius 3 is 2.83 bits per heavy atom. The number of aliphatic hydroxyl groups excluding tert-OH is 1. The highest BCUT2D eigenvalue weighted by Gasteiger charge is 2.45. The quantitative estimate of drug-likeness (QED) is 0.915. The lowest BCUT2D eigenvalue weighted by Crippen LogP contribution is -2.35. The zero-order valence-corrected chi connectivity index (χ0v) is 12.6. The molecule has 4 unspecified atom stereocenters. The number of amides is 1. The number of rotatable bonds is 3. The van der Waals surface area contributed by atoms with E-state index in [0.717, 1.165) is 23.1 Å². The summed E-state index contributed by atoms with van der Waals surface area (Å²) in [6, 6.07) is 13.9. The van der Waals surface area contributed by atoms with Crippen molar-refractivity contribution in [3.63, 3.8) is 0 Å². The lowest BCUT2D eigenvalue weighted by atomic mass is 10.1. The topological polar surface area (TPSA) is 49.3 Å². The van der Waals surface area contributed by atoms with Gasteiger partial charge in [-0.2, -0.15) is 0 Å². The maximum atomic E-state index is 13.3. The Kier molecular flexibility index (Phi) is 3.42. The van der Waals surface area contributed by atoms with Crippen LogP contribution in [0.3, 0.4) is 0 Å². The second kappa shape index (κ2) is 5.46. The van der Waals surface area contributed by atoms with Gasteiger partial charge in [-0.3, -0.25) is 4.79 Å². The average molecular weight is 311 g/mol. The molecule has 0 aromatic heterocycles. The Labute approximate surface area is 134 Å². The molecule has 1 saturated carbocycles. The van der Waals surface area contributed by atoms with E-state index in [1.165, 1.54) is 12.1 Å². The highest BCUT2D eigenvalue weighted by Crippen LogP contribution is 2.48. The molecule has 0 bridgehead atoms. The summed E-state index contributed by atoms with van der Waals surface area (Å²) in [6.07, 6.45) is 0.724. The van der Waals surface area contributed by atoms with Crippen LogP contribution in [0, 0.1) is 11.7 Å². The van der Waals surface area contributed by atoms with Gasteiger partial charge in [0, 0.05) is 12.3 Å². The van der Waals surface area contributed by atoms with Crippen LogP contribution in [0.4, 0.5) is 4.39 Å². The van der Waals surface area contributed by atoms with Crippen molar-refractivity contribution in [2.24, 2.45) is 5.92 Å². The number of carbonyl (C=O) groups excluding carboxylic acids is 1. The molecule has 3 nitrogen and oxygen atoms in total. The van der Waals surface area contributed by atoms with Crippen LogP contribution >= 0.6 is 0 Å². The van der Waals surface area contributed by atoms with Crippen molar-refractivity contribution in [2.75, 3.05) is 0 Å². The smallest absolute Gasteiger partial charge is 0.224 e. The van der Waals surface area contributed by atoms with Gasteiger partial charge in [0.1, 0.15) is 5.82 Å². The largest absolute Gasteiger partial charge is 0.390 e. The third kappa shape index (κ3) is 2.63. The van der Waals surface area contributed by atoms with Crippen LogP contribution in [0.2, 0.25) is 0 Å². The molecule has 1 amide bonds. The second-order valence-corrected chi connectivity index (χ2v) is 6.46. The van der Waals surface area contributed by atoms with Crippen molar-refractivity contribution < 1.29 is 14.3 Å². The Hall–Kier alpha value is -2.20. The molecule has 2 N–H and O–H groups in total. The van der Waals surface area contributed by atoms with Gasteiger partial charge in [-0.15, -0.1) is 0 Å². The van der Waals surface area contributed by atoms with E-state index in [1.54, 1.807) is 6.07 Å². The average Bonchev–Trinajstić information content (AvgIpc) is 3.28. The summed E-state index contributed by atoms with van der Waals surface area (Å²) in [4.78, 5) is 12.5. The van der Waals surface area contributed by atoms with Crippen LogP contribution in [0.25, 0.3) is 0 Å². The standard InChI is InChI=1S/C19H18FNO2/c20-13-6-3-5-11(8-13)15-10-16(15)19(23)21-18-14-7-2-1-4-12(14)9-17(18)22/h1-8,15-18,22H,9-10H2,(H,21,23). The van der Waals surface area contributed by atoms with Gasteiger partial charge < -0.3 is 10.4 Å². The fourth-order valence-electron chi connectivity index (χ4n) is 3.60. The predicted octanol–water partition coefficient (Wildman–Crippen LogP) is 2.70.